The largest absolute Gasteiger partial charge is 0.455 e. The molecule has 3 heterocycles. The lowest BCUT2D eigenvalue weighted by molar-refractivity contribution is 0.669. The molecule has 14 aromatic rings. The first-order valence-corrected chi connectivity index (χ1v) is 22.3. The highest BCUT2D eigenvalue weighted by Gasteiger charge is 2.23. The molecule has 0 saturated carbocycles. The maximum Gasteiger partial charge on any atom is 0.167 e. The van der Waals surface area contributed by atoms with Crippen LogP contribution >= 0.6 is 0 Å². The molecule has 306 valence electrons. The van der Waals surface area contributed by atoms with Crippen LogP contribution in [0.1, 0.15) is 0 Å². The maximum atomic E-state index is 6.87. The minimum atomic E-state index is 0.530. The van der Waals surface area contributed by atoms with Gasteiger partial charge in [-0.3, -0.25) is 0 Å². The van der Waals surface area contributed by atoms with Crippen LogP contribution in [-0.2, 0) is 0 Å². The highest BCUT2D eigenvalue weighted by Crippen LogP contribution is 2.43. The van der Waals surface area contributed by atoms with Crippen LogP contribution in [0.15, 0.2) is 223 Å². The summed E-state index contributed by atoms with van der Waals surface area (Å²) < 4.78 is 9.29. The van der Waals surface area contributed by atoms with Gasteiger partial charge in [-0.1, -0.05) is 170 Å². The van der Waals surface area contributed by atoms with Gasteiger partial charge in [-0.25, -0.2) is 15.0 Å². The second kappa shape index (κ2) is 14.3. The number of nitrogens with zero attached hydrogens (tertiary/aromatic N) is 4. The summed E-state index contributed by atoms with van der Waals surface area (Å²) in [4.78, 5) is 16.2. The van der Waals surface area contributed by atoms with E-state index in [0.717, 1.165) is 82.6 Å². The van der Waals surface area contributed by atoms with Crippen molar-refractivity contribution >= 4 is 86.8 Å². The Kier molecular flexibility index (Phi) is 7.91. The Hall–Kier alpha value is -8.93. The van der Waals surface area contributed by atoms with Crippen molar-refractivity contribution in [3.63, 3.8) is 0 Å². The highest BCUT2D eigenvalue weighted by atomic mass is 16.3. The molecule has 14 rings (SSSR count). The molecule has 5 heteroatoms. The first kappa shape index (κ1) is 36.5. The quantitative estimate of drug-likeness (QED) is 0.162. The Morgan fingerprint density at radius 1 is 0.303 bits per heavy atom. The average Bonchev–Trinajstić information content (AvgIpc) is 3.91. The fourth-order valence-electron chi connectivity index (χ4n) is 10.2. The number of aromatic nitrogens is 4. The number of fused-ring (bicyclic) bond motifs is 11. The smallest absolute Gasteiger partial charge is 0.167 e. The molecule has 0 amide bonds. The molecule has 0 spiro atoms. The standard InChI is InChI=1S/C61H36N4O/c1-2-14-37(15-3-1)38-26-28-39(29-27-38)59-62-60(53-32-44-20-8-9-21-46(44)47-22-10-11-23-48(47)53)64-61(63-59)54-36-45(35-52-49-24-12-13-25-57(49)66-58(52)54)65-55-33-42-18-6-4-16-40(42)30-50(55)51-31-41-17-5-7-19-43(41)34-56(51)65/h1-36H. The molecular weight excluding hydrogens is 805 g/mol. The van der Waals surface area contributed by atoms with Crippen LogP contribution in [0.5, 0.6) is 0 Å². The average molecular weight is 841 g/mol. The summed E-state index contributed by atoms with van der Waals surface area (Å²) in [6, 6.07) is 77.6. The van der Waals surface area contributed by atoms with Gasteiger partial charge in [0, 0.05) is 38.4 Å². The third-order valence-corrected chi connectivity index (χ3v) is 13.4. The molecule has 0 unspecified atom stereocenters. The summed E-state index contributed by atoms with van der Waals surface area (Å²) in [5.41, 5.74) is 9.64. The normalized spacial score (nSPS) is 11.9. The van der Waals surface area contributed by atoms with Crippen molar-refractivity contribution in [2.75, 3.05) is 0 Å². The Morgan fingerprint density at radius 3 is 1.48 bits per heavy atom. The summed E-state index contributed by atoms with van der Waals surface area (Å²) in [5, 5.41) is 13.7. The highest BCUT2D eigenvalue weighted by molar-refractivity contribution is 6.18. The molecule has 0 aliphatic heterocycles. The van der Waals surface area contributed by atoms with Gasteiger partial charge in [0.15, 0.2) is 17.5 Å². The van der Waals surface area contributed by atoms with Crippen molar-refractivity contribution < 1.29 is 4.42 Å². The molecule has 11 aromatic carbocycles. The second-order valence-electron chi connectivity index (χ2n) is 17.2. The predicted octanol–water partition coefficient (Wildman–Crippen LogP) is 16.1. The minimum Gasteiger partial charge on any atom is -0.455 e. The van der Waals surface area contributed by atoms with Gasteiger partial charge in [-0.15, -0.1) is 0 Å². The van der Waals surface area contributed by atoms with Gasteiger partial charge in [0.2, 0.25) is 0 Å². The van der Waals surface area contributed by atoms with Gasteiger partial charge in [-0.05, 0) is 103 Å². The molecule has 0 fully saturated rings. The van der Waals surface area contributed by atoms with Crippen LogP contribution in [-0.4, -0.2) is 19.5 Å². The lowest BCUT2D eigenvalue weighted by atomic mass is 9.96. The van der Waals surface area contributed by atoms with Gasteiger partial charge in [0.05, 0.1) is 16.6 Å². The monoisotopic (exact) mass is 840 g/mol. The Labute approximate surface area is 378 Å². The van der Waals surface area contributed by atoms with Crippen molar-refractivity contribution in [1.82, 2.24) is 19.5 Å². The number of hydrogen-bond acceptors (Lipinski definition) is 4. The van der Waals surface area contributed by atoms with Crippen molar-refractivity contribution in [2.24, 2.45) is 0 Å². The summed E-state index contributed by atoms with van der Waals surface area (Å²) in [5.74, 6) is 1.70. The molecule has 0 N–H and O–H groups in total. The van der Waals surface area contributed by atoms with E-state index >= 15 is 0 Å². The molecule has 0 atom stereocenters. The molecule has 0 radical (unpaired) electrons. The van der Waals surface area contributed by atoms with Crippen molar-refractivity contribution in [3.8, 4) is 51.0 Å². The van der Waals surface area contributed by atoms with Crippen LogP contribution in [0.2, 0.25) is 0 Å². The molecule has 0 saturated heterocycles. The van der Waals surface area contributed by atoms with Crippen molar-refractivity contribution in [3.05, 3.63) is 218 Å². The molecule has 0 aliphatic rings. The van der Waals surface area contributed by atoms with E-state index in [1.54, 1.807) is 0 Å². The van der Waals surface area contributed by atoms with Crippen molar-refractivity contribution in [1.29, 1.82) is 0 Å². The molecule has 5 nitrogen and oxygen atoms in total. The van der Waals surface area contributed by atoms with Crippen LogP contribution in [0.3, 0.4) is 0 Å². The van der Waals surface area contributed by atoms with Crippen LogP contribution in [0, 0.1) is 0 Å². The lowest BCUT2D eigenvalue weighted by Crippen LogP contribution is -2.02. The SMILES string of the molecule is c1ccc(-c2ccc(-c3nc(-c4cc5ccccc5c5ccccc45)nc(-c4cc(-n5c6cc7ccccc7cc6c6cc7ccccc7cc65)cc5c4oc4ccccc45)n3)cc2)cc1. The zero-order chi connectivity index (χ0) is 43.3. The van der Waals surface area contributed by atoms with Gasteiger partial charge < -0.3 is 8.98 Å². The Morgan fingerprint density at radius 2 is 0.803 bits per heavy atom. The van der Waals surface area contributed by atoms with E-state index in [0.29, 0.717) is 17.5 Å². The third-order valence-electron chi connectivity index (χ3n) is 13.4. The predicted molar refractivity (Wildman–Crippen MR) is 273 cm³/mol. The summed E-state index contributed by atoms with van der Waals surface area (Å²) in [7, 11) is 0. The maximum absolute atomic E-state index is 6.87. The van der Waals surface area contributed by atoms with E-state index in [-0.39, 0.29) is 0 Å². The van der Waals surface area contributed by atoms with E-state index in [9.17, 15) is 0 Å². The first-order chi connectivity index (χ1) is 32.7. The van der Waals surface area contributed by atoms with E-state index in [2.05, 4.69) is 205 Å². The number of benzene rings is 11. The van der Waals surface area contributed by atoms with Crippen LogP contribution in [0.25, 0.3) is 138 Å². The molecule has 0 aliphatic carbocycles. The topological polar surface area (TPSA) is 56.7 Å². The number of para-hydroxylation sites is 1. The second-order valence-corrected chi connectivity index (χ2v) is 17.2. The van der Waals surface area contributed by atoms with Gasteiger partial charge in [0.1, 0.15) is 11.2 Å². The zero-order valence-corrected chi connectivity index (χ0v) is 35.5. The Balaban J connectivity index is 1.08. The van der Waals surface area contributed by atoms with E-state index in [4.69, 9.17) is 19.4 Å². The van der Waals surface area contributed by atoms with E-state index in [1.165, 1.54) is 37.7 Å². The van der Waals surface area contributed by atoms with Gasteiger partial charge in [0.25, 0.3) is 0 Å². The molecule has 66 heavy (non-hydrogen) atoms. The summed E-state index contributed by atoms with van der Waals surface area (Å²) in [6.07, 6.45) is 0. The molecular formula is C61H36N4O. The fourth-order valence-corrected chi connectivity index (χ4v) is 10.2. The van der Waals surface area contributed by atoms with Crippen LogP contribution < -0.4 is 0 Å². The van der Waals surface area contributed by atoms with E-state index in [1.807, 2.05) is 18.2 Å². The number of hydrogen-bond donors (Lipinski definition) is 0. The number of rotatable bonds is 5. The third kappa shape index (κ3) is 5.70. The number of furan rings is 1. The fraction of sp³-hybridized carbons (Fsp3) is 0. The van der Waals surface area contributed by atoms with Crippen molar-refractivity contribution in [2.45, 2.75) is 0 Å². The molecule has 3 aromatic heterocycles. The lowest BCUT2D eigenvalue weighted by Gasteiger charge is -2.14. The summed E-state index contributed by atoms with van der Waals surface area (Å²) in [6.45, 7) is 0. The minimum absolute atomic E-state index is 0.530. The van der Waals surface area contributed by atoms with E-state index < -0.39 is 0 Å². The van der Waals surface area contributed by atoms with Crippen LogP contribution in [0.4, 0.5) is 0 Å². The molecule has 0 bridgehead atoms. The summed E-state index contributed by atoms with van der Waals surface area (Å²) >= 11 is 0. The zero-order valence-electron chi connectivity index (χ0n) is 35.5. The van der Waals surface area contributed by atoms with Gasteiger partial charge >= 0.3 is 0 Å². The first-order valence-electron chi connectivity index (χ1n) is 22.3. The Bertz CT molecular complexity index is 4190. The van der Waals surface area contributed by atoms with Gasteiger partial charge in [-0.2, -0.15) is 0 Å².